The zero-order valence-corrected chi connectivity index (χ0v) is 11.6. The average Bonchev–Trinajstić information content (AvgIpc) is 2.27. The van der Waals surface area contributed by atoms with E-state index in [1.165, 1.54) is 12.4 Å². The lowest BCUT2D eigenvalue weighted by Gasteiger charge is -1.96. The second-order valence-electron chi connectivity index (χ2n) is 2.75. The minimum atomic E-state index is 0.0564. The van der Waals surface area contributed by atoms with Gasteiger partial charge >= 0.3 is 0 Å². The Balaban J connectivity index is 0.000000184. The van der Waals surface area contributed by atoms with Gasteiger partial charge in [0, 0.05) is 0 Å². The zero-order chi connectivity index (χ0) is 13.7. The van der Waals surface area contributed by atoms with E-state index < -0.39 is 0 Å². The molecule has 0 amide bonds. The lowest BCUT2D eigenvalue weighted by molar-refractivity contribution is 1.21. The quantitative estimate of drug-likeness (QED) is 0.771. The van der Waals surface area contributed by atoms with Gasteiger partial charge in [-0.2, -0.15) is 0 Å². The van der Waals surface area contributed by atoms with Crippen molar-refractivity contribution in [2.75, 3.05) is 11.5 Å². The second-order valence-corrected chi connectivity index (χ2v) is 4.21. The van der Waals surface area contributed by atoms with Gasteiger partial charge in [0.1, 0.15) is 11.0 Å². The van der Waals surface area contributed by atoms with Crippen molar-refractivity contribution in [2.24, 2.45) is 0 Å². The molecule has 0 fully saturated rings. The van der Waals surface area contributed by atoms with Gasteiger partial charge in [-0.1, -0.05) is 46.4 Å². The third kappa shape index (κ3) is 4.66. The Morgan fingerprint density at radius 2 is 1.39 bits per heavy atom. The summed E-state index contributed by atoms with van der Waals surface area (Å²) in [5, 5.41) is 0.504. The van der Waals surface area contributed by atoms with Crippen molar-refractivity contribution in [3.8, 4) is 0 Å². The molecule has 0 saturated heterocycles. The molecule has 0 bridgehead atoms. The third-order valence-electron chi connectivity index (χ3n) is 1.42. The summed E-state index contributed by atoms with van der Waals surface area (Å²) in [6, 6.07) is 0. The smallest absolute Gasteiger partial charge is 0.172 e. The van der Waals surface area contributed by atoms with Gasteiger partial charge in [0.05, 0.1) is 12.4 Å². The van der Waals surface area contributed by atoms with E-state index in [2.05, 4.69) is 19.9 Å². The first-order chi connectivity index (χ1) is 8.40. The van der Waals surface area contributed by atoms with Crippen molar-refractivity contribution in [1.82, 2.24) is 19.9 Å². The summed E-state index contributed by atoms with van der Waals surface area (Å²) >= 11 is 21.7. The number of nitrogens with zero attached hydrogens (tertiary/aromatic N) is 4. The molecule has 0 aliphatic rings. The molecule has 10 heteroatoms. The van der Waals surface area contributed by atoms with E-state index in [9.17, 15) is 0 Å². The van der Waals surface area contributed by atoms with Gasteiger partial charge in [0.2, 0.25) is 0 Å². The number of aromatic nitrogens is 4. The van der Waals surface area contributed by atoms with Crippen molar-refractivity contribution in [3.63, 3.8) is 0 Å². The molecule has 6 nitrogen and oxygen atoms in total. The first-order valence-corrected chi connectivity index (χ1v) is 5.78. The maximum Gasteiger partial charge on any atom is 0.172 e. The molecule has 0 aromatic carbocycles. The van der Waals surface area contributed by atoms with Crippen LogP contribution in [0.3, 0.4) is 0 Å². The molecule has 0 spiro atoms. The molecule has 0 radical (unpaired) electrons. The van der Waals surface area contributed by atoms with Gasteiger partial charge in [-0.25, -0.2) is 15.0 Å². The first-order valence-electron chi connectivity index (χ1n) is 4.27. The van der Waals surface area contributed by atoms with Crippen LogP contribution in [0.2, 0.25) is 20.6 Å². The lowest BCUT2D eigenvalue weighted by Crippen LogP contribution is -1.94. The summed E-state index contributed by atoms with van der Waals surface area (Å²) in [4.78, 5) is 14.5. The predicted molar refractivity (Wildman–Crippen MR) is 72.9 cm³/mol. The Morgan fingerprint density at radius 1 is 0.778 bits per heavy atom. The highest BCUT2D eigenvalue weighted by molar-refractivity contribution is 6.41. The fourth-order valence-corrected chi connectivity index (χ4v) is 1.33. The van der Waals surface area contributed by atoms with E-state index >= 15 is 0 Å². The maximum absolute atomic E-state index is 5.44. The largest absolute Gasteiger partial charge is 0.382 e. The van der Waals surface area contributed by atoms with Crippen LogP contribution < -0.4 is 11.5 Å². The van der Waals surface area contributed by atoms with Crippen LogP contribution in [0.5, 0.6) is 0 Å². The average molecular weight is 328 g/mol. The highest BCUT2D eigenvalue weighted by Gasteiger charge is 2.04. The standard InChI is InChI=1S/C4H2Cl3N3.C4H4ClN3/c5-1-2(6)10-4(8)3(7)9-1;5-3-1-7-2-4(6)8-3/h(H2,8,10);1-2H,(H2,6,8). The van der Waals surface area contributed by atoms with Crippen LogP contribution in [0.4, 0.5) is 11.6 Å². The lowest BCUT2D eigenvalue weighted by atomic mass is 10.7. The third-order valence-corrected chi connectivity index (χ3v) is 2.50. The minimum absolute atomic E-state index is 0.0564. The van der Waals surface area contributed by atoms with E-state index in [0.29, 0.717) is 11.0 Å². The Morgan fingerprint density at radius 3 is 1.83 bits per heavy atom. The number of rotatable bonds is 0. The van der Waals surface area contributed by atoms with E-state index in [1.807, 2.05) is 0 Å². The highest BCUT2D eigenvalue weighted by atomic mass is 35.5. The normalized spacial score (nSPS) is 9.56. The first kappa shape index (κ1) is 15.0. The van der Waals surface area contributed by atoms with Gasteiger partial charge in [0.25, 0.3) is 0 Å². The monoisotopic (exact) mass is 326 g/mol. The van der Waals surface area contributed by atoms with E-state index in [1.54, 1.807) is 0 Å². The van der Waals surface area contributed by atoms with Crippen LogP contribution in [-0.4, -0.2) is 19.9 Å². The van der Waals surface area contributed by atoms with E-state index in [4.69, 9.17) is 57.9 Å². The van der Waals surface area contributed by atoms with Gasteiger partial charge in [0.15, 0.2) is 21.3 Å². The molecule has 0 atom stereocenters. The predicted octanol–water partition coefficient (Wildman–Crippen LogP) is 2.73. The summed E-state index contributed by atoms with van der Waals surface area (Å²) in [6.45, 7) is 0. The second kappa shape index (κ2) is 6.75. The summed E-state index contributed by atoms with van der Waals surface area (Å²) in [6.07, 6.45) is 2.86. The van der Waals surface area contributed by atoms with Crippen molar-refractivity contribution in [1.29, 1.82) is 0 Å². The molecule has 0 unspecified atom stereocenters. The van der Waals surface area contributed by atoms with Crippen LogP contribution in [0.15, 0.2) is 12.4 Å². The minimum Gasteiger partial charge on any atom is -0.382 e. The summed E-state index contributed by atoms with van der Waals surface area (Å²) < 4.78 is 0. The Hall–Kier alpha value is -1.08. The SMILES string of the molecule is Nc1cncc(Cl)n1.Nc1nc(Cl)c(Cl)nc1Cl. The van der Waals surface area contributed by atoms with Crippen LogP contribution in [0, 0.1) is 0 Å². The van der Waals surface area contributed by atoms with Crippen molar-refractivity contribution >= 4 is 58.0 Å². The summed E-state index contributed by atoms with van der Waals surface area (Å²) in [5.41, 5.74) is 10.4. The number of nitrogens with two attached hydrogens (primary N) is 2. The van der Waals surface area contributed by atoms with E-state index in [-0.39, 0.29) is 21.3 Å². The maximum atomic E-state index is 5.44. The molecule has 2 aromatic rings. The van der Waals surface area contributed by atoms with Gasteiger partial charge in [-0.15, -0.1) is 0 Å². The van der Waals surface area contributed by atoms with Crippen molar-refractivity contribution in [3.05, 3.63) is 33.0 Å². The number of halogens is 4. The highest BCUT2D eigenvalue weighted by Crippen LogP contribution is 2.22. The van der Waals surface area contributed by atoms with Gasteiger partial charge in [-0.3, -0.25) is 4.98 Å². The van der Waals surface area contributed by atoms with Gasteiger partial charge < -0.3 is 11.5 Å². The molecule has 0 aliphatic carbocycles. The van der Waals surface area contributed by atoms with Crippen molar-refractivity contribution in [2.45, 2.75) is 0 Å². The van der Waals surface area contributed by atoms with E-state index in [0.717, 1.165) is 0 Å². The summed E-state index contributed by atoms with van der Waals surface area (Å²) in [5.74, 6) is 0.425. The molecule has 2 heterocycles. The number of anilines is 2. The zero-order valence-electron chi connectivity index (χ0n) is 8.61. The number of hydrogen-bond acceptors (Lipinski definition) is 6. The number of nitrogen functional groups attached to an aromatic ring is 2. The molecule has 0 aliphatic heterocycles. The molecule has 4 N–H and O–H groups in total. The van der Waals surface area contributed by atoms with Crippen LogP contribution in [-0.2, 0) is 0 Å². The Bertz CT molecular complexity index is 482. The molecule has 96 valence electrons. The molecule has 18 heavy (non-hydrogen) atoms. The molecule has 0 saturated carbocycles. The molecular formula is C8H6Cl4N6. The van der Waals surface area contributed by atoms with Gasteiger partial charge in [-0.05, 0) is 0 Å². The molecule has 2 rings (SSSR count). The fraction of sp³-hybridized carbons (Fsp3) is 0. The topological polar surface area (TPSA) is 104 Å². The van der Waals surface area contributed by atoms with Crippen LogP contribution in [0.25, 0.3) is 0 Å². The molecule has 2 aromatic heterocycles. The van der Waals surface area contributed by atoms with Crippen LogP contribution >= 0.6 is 46.4 Å². The van der Waals surface area contributed by atoms with Crippen LogP contribution in [0.1, 0.15) is 0 Å². The fourth-order valence-electron chi connectivity index (χ4n) is 0.744. The summed E-state index contributed by atoms with van der Waals surface area (Å²) in [7, 11) is 0. The van der Waals surface area contributed by atoms with Crippen molar-refractivity contribution < 1.29 is 0 Å². The number of hydrogen-bond donors (Lipinski definition) is 2. The Labute approximate surface area is 122 Å². The Kier molecular flexibility index (Phi) is 5.61. The molecular weight excluding hydrogens is 322 g/mol.